The van der Waals surface area contributed by atoms with Gasteiger partial charge in [0.05, 0.1) is 5.70 Å². The zero-order valence-corrected chi connectivity index (χ0v) is 8.79. The second-order valence-corrected chi connectivity index (χ2v) is 2.83. The van der Waals surface area contributed by atoms with Gasteiger partial charge in [0.25, 0.3) is 0 Å². The van der Waals surface area contributed by atoms with E-state index in [1.807, 2.05) is 19.2 Å². The van der Waals surface area contributed by atoms with Gasteiger partial charge in [-0.05, 0) is 19.9 Å². The van der Waals surface area contributed by atoms with Crippen LogP contribution >= 0.6 is 0 Å². The summed E-state index contributed by atoms with van der Waals surface area (Å²) < 4.78 is 4.25. The molecule has 0 atom stereocenters. The van der Waals surface area contributed by atoms with Gasteiger partial charge in [-0.25, -0.2) is 0 Å². The fourth-order valence-electron chi connectivity index (χ4n) is 0.736. The second-order valence-electron chi connectivity index (χ2n) is 2.83. The van der Waals surface area contributed by atoms with Crippen LogP contribution in [-0.4, -0.2) is 20.4 Å². The summed E-state index contributed by atoms with van der Waals surface area (Å²) in [5, 5.41) is 0. The van der Waals surface area contributed by atoms with Crippen LogP contribution in [0.2, 0.25) is 0 Å². The molecule has 0 saturated carbocycles. The largest absolute Gasteiger partial charge is 0.388 e. The first-order chi connectivity index (χ1) is 6.20. The molecule has 72 valence electrons. The molecule has 1 heterocycles. The lowest BCUT2D eigenvalue weighted by Crippen LogP contribution is -1.80. The molecule has 0 aromatic rings. The highest BCUT2D eigenvalue weighted by Crippen LogP contribution is 2.01. The Balaban J connectivity index is 0.000000424. The fraction of sp³-hybridized carbons (Fsp3) is 0.455. The van der Waals surface area contributed by atoms with Crippen LogP contribution in [0.5, 0.6) is 0 Å². The van der Waals surface area contributed by atoms with E-state index >= 15 is 0 Å². The summed E-state index contributed by atoms with van der Waals surface area (Å²) in [6, 6.07) is 0. The highest BCUT2D eigenvalue weighted by atomic mass is 16.4. The quantitative estimate of drug-likeness (QED) is 0.524. The minimum atomic E-state index is 0.948. The van der Waals surface area contributed by atoms with Gasteiger partial charge in [-0.3, -0.25) is 4.99 Å². The van der Waals surface area contributed by atoms with E-state index in [9.17, 15) is 0 Å². The minimum absolute atomic E-state index is 0.948. The molecule has 2 nitrogen and oxygen atoms in total. The summed E-state index contributed by atoms with van der Waals surface area (Å²) in [5.74, 6) is 0. The molecule has 2 heteroatoms. The molecule has 0 unspecified atom stereocenters. The van der Waals surface area contributed by atoms with Gasteiger partial charge in [0, 0.05) is 26.9 Å². The number of ether oxygens (including phenoxy) is 1. The summed E-state index contributed by atoms with van der Waals surface area (Å²) in [4.78, 5) is 4.14. The van der Waals surface area contributed by atoms with E-state index in [4.69, 9.17) is 0 Å². The number of nitrogens with zero attached hydrogens (tertiary/aromatic N) is 1. The summed E-state index contributed by atoms with van der Waals surface area (Å²) in [6.07, 6.45) is 6.85. The average molecular weight is 179 g/mol. The van der Waals surface area contributed by atoms with Crippen molar-refractivity contribution in [2.45, 2.75) is 20.3 Å². The lowest BCUT2D eigenvalue weighted by atomic mass is 10.2. The predicted octanol–water partition coefficient (Wildman–Crippen LogP) is 2.73. The van der Waals surface area contributed by atoms with E-state index < -0.39 is 0 Å². The Bertz CT molecular complexity index is 255. The van der Waals surface area contributed by atoms with E-state index in [2.05, 4.69) is 28.5 Å². The SMILES string of the molecule is CC1=C=C/C=C(/C)CC=N1.COC. The summed E-state index contributed by atoms with van der Waals surface area (Å²) in [6.45, 7) is 4.03. The van der Waals surface area contributed by atoms with Gasteiger partial charge in [0.2, 0.25) is 0 Å². The molecule has 0 N–H and O–H groups in total. The molecule has 0 bridgehead atoms. The topological polar surface area (TPSA) is 21.6 Å². The Labute approximate surface area is 80.3 Å². The summed E-state index contributed by atoms with van der Waals surface area (Å²) >= 11 is 0. The lowest BCUT2D eigenvalue weighted by Gasteiger charge is -1.94. The Morgan fingerprint density at radius 1 is 1.38 bits per heavy atom. The van der Waals surface area contributed by atoms with Crippen molar-refractivity contribution in [3.63, 3.8) is 0 Å². The standard InChI is InChI=1S/C9H11N.C2H6O/c1-8-4-3-5-9(2)10-7-6-8;1-3-2/h3-4,7H,6H2,1-2H3;1-2H3/b8-4-,10-7?;. The van der Waals surface area contributed by atoms with Gasteiger partial charge in [-0.1, -0.05) is 17.4 Å². The minimum Gasteiger partial charge on any atom is -0.388 e. The Kier molecular flexibility index (Phi) is 6.89. The Morgan fingerprint density at radius 3 is 2.62 bits per heavy atom. The zero-order valence-electron chi connectivity index (χ0n) is 8.79. The Hall–Kier alpha value is -1.11. The van der Waals surface area contributed by atoms with Gasteiger partial charge < -0.3 is 4.74 Å². The van der Waals surface area contributed by atoms with Crippen molar-refractivity contribution in [2.75, 3.05) is 14.2 Å². The molecule has 1 aliphatic rings. The third kappa shape index (κ3) is 7.26. The first-order valence-electron chi connectivity index (χ1n) is 4.22. The predicted molar refractivity (Wildman–Crippen MR) is 57.1 cm³/mol. The van der Waals surface area contributed by atoms with E-state index in [0.717, 1.165) is 12.1 Å². The molecule has 13 heavy (non-hydrogen) atoms. The molecule has 0 aliphatic carbocycles. The zero-order chi connectivity index (χ0) is 10.1. The molecule has 0 aromatic carbocycles. The van der Waals surface area contributed by atoms with Crippen LogP contribution in [0.15, 0.2) is 34.1 Å². The van der Waals surface area contributed by atoms with Crippen molar-refractivity contribution in [3.05, 3.63) is 29.2 Å². The number of rotatable bonds is 0. The Morgan fingerprint density at radius 2 is 2.00 bits per heavy atom. The number of hydrogen-bond donors (Lipinski definition) is 0. The van der Waals surface area contributed by atoms with Crippen LogP contribution in [0, 0.1) is 0 Å². The highest BCUT2D eigenvalue weighted by molar-refractivity contribution is 5.62. The van der Waals surface area contributed by atoms with Crippen LogP contribution in [0.25, 0.3) is 0 Å². The van der Waals surface area contributed by atoms with E-state index in [-0.39, 0.29) is 0 Å². The summed E-state index contributed by atoms with van der Waals surface area (Å²) in [5.41, 5.74) is 5.30. The van der Waals surface area contributed by atoms with E-state index in [1.54, 1.807) is 14.2 Å². The van der Waals surface area contributed by atoms with Crippen LogP contribution in [0.1, 0.15) is 20.3 Å². The van der Waals surface area contributed by atoms with Crippen molar-refractivity contribution >= 4 is 6.21 Å². The van der Waals surface area contributed by atoms with Crippen molar-refractivity contribution in [1.29, 1.82) is 0 Å². The van der Waals surface area contributed by atoms with Gasteiger partial charge in [-0.2, -0.15) is 0 Å². The van der Waals surface area contributed by atoms with Crippen LogP contribution in [0.4, 0.5) is 0 Å². The molecule has 1 aliphatic heterocycles. The van der Waals surface area contributed by atoms with Gasteiger partial charge in [0.1, 0.15) is 0 Å². The van der Waals surface area contributed by atoms with Crippen molar-refractivity contribution in [2.24, 2.45) is 4.99 Å². The molecule has 0 saturated heterocycles. The van der Waals surface area contributed by atoms with E-state index in [1.165, 1.54) is 5.57 Å². The monoisotopic (exact) mass is 179 g/mol. The van der Waals surface area contributed by atoms with E-state index in [0.29, 0.717) is 0 Å². The lowest BCUT2D eigenvalue weighted by molar-refractivity contribution is 0.277. The van der Waals surface area contributed by atoms with Gasteiger partial charge in [-0.15, -0.1) is 0 Å². The van der Waals surface area contributed by atoms with Gasteiger partial charge in [0.15, 0.2) is 0 Å². The van der Waals surface area contributed by atoms with Gasteiger partial charge >= 0.3 is 0 Å². The van der Waals surface area contributed by atoms with Crippen LogP contribution in [-0.2, 0) is 4.74 Å². The van der Waals surface area contributed by atoms with Crippen molar-refractivity contribution in [1.82, 2.24) is 0 Å². The normalized spacial score (nSPS) is 18.8. The third-order valence-electron chi connectivity index (χ3n) is 1.36. The van der Waals surface area contributed by atoms with Crippen LogP contribution < -0.4 is 0 Å². The molecule has 0 aromatic heterocycles. The number of hydrogen-bond acceptors (Lipinski definition) is 2. The van der Waals surface area contributed by atoms with Crippen molar-refractivity contribution in [3.8, 4) is 0 Å². The molecule has 0 amide bonds. The fourth-order valence-corrected chi connectivity index (χ4v) is 0.736. The molecule has 0 fully saturated rings. The molecule has 0 radical (unpaired) electrons. The molecule has 1 rings (SSSR count). The van der Waals surface area contributed by atoms with Crippen LogP contribution in [0.3, 0.4) is 0 Å². The maximum Gasteiger partial charge on any atom is 0.0785 e. The highest BCUT2D eigenvalue weighted by Gasteiger charge is 1.86. The third-order valence-corrected chi connectivity index (χ3v) is 1.36. The molecular weight excluding hydrogens is 162 g/mol. The number of methoxy groups -OCH3 is 1. The smallest absolute Gasteiger partial charge is 0.0785 e. The maximum atomic E-state index is 4.25. The molecule has 0 spiro atoms. The van der Waals surface area contributed by atoms with Crippen molar-refractivity contribution < 1.29 is 4.74 Å². The first-order valence-corrected chi connectivity index (χ1v) is 4.22. The molecular formula is C11H17NO. The summed E-state index contributed by atoms with van der Waals surface area (Å²) in [7, 11) is 3.25. The first kappa shape index (κ1) is 11.9. The second kappa shape index (κ2) is 7.53. The number of allylic oxidation sites excluding steroid dienone is 3. The maximum absolute atomic E-state index is 4.25. The number of aliphatic imine (C=N–C) groups is 1. The average Bonchev–Trinajstić information content (AvgIpc) is 2.02.